The van der Waals surface area contributed by atoms with E-state index in [1.165, 1.54) is 37.7 Å². The average molecular weight is 227 g/mol. The Morgan fingerprint density at radius 2 is 1.71 bits per heavy atom. The molecule has 90 valence electrons. The maximum atomic E-state index is 3.93. The van der Waals surface area contributed by atoms with Gasteiger partial charge in [-0.25, -0.2) is 0 Å². The van der Waals surface area contributed by atoms with E-state index in [0.717, 1.165) is 24.3 Å². The van der Waals surface area contributed by atoms with Crippen LogP contribution >= 0.6 is 0 Å². The first-order valence-electron chi connectivity index (χ1n) is 7.13. The first-order valence-corrected chi connectivity index (χ1v) is 7.13. The number of hydrogen-bond acceptors (Lipinski definition) is 1. The van der Waals surface area contributed by atoms with Crippen LogP contribution in [0.3, 0.4) is 0 Å². The van der Waals surface area contributed by atoms with Crippen molar-refractivity contribution in [1.29, 1.82) is 0 Å². The molecule has 2 unspecified atom stereocenters. The van der Waals surface area contributed by atoms with E-state index in [-0.39, 0.29) is 0 Å². The lowest BCUT2D eigenvalue weighted by molar-refractivity contribution is 0.233. The van der Waals surface area contributed by atoms with Gasteiger partial charge >= 0.3 is 0 Å². The Bertz CT molecular complexity index is 397. The second-order valence-corrected chi connectivity index (χ2v) is 6.54. The lowest BCUT2D eigenvalue weighted by atomic mass is 9.80. The minimum Gasteiger partial charge on any atom is -0.307 e. The SMILES string of the molecule is c1ccc(CNC23CC4CC(CC2C4)C3)cc1. The van der Waals surface area contributed by atoms with E-state index in [2.05, 4.69) is 35.6 Å². The fourth-order valence-corrected chi connectivity index (χ4v) is 4.96. The highest BCUT2D eigenvalue weighted by molar-refractivity contribution is 5.17. The molecule has 0 aliphatic heterocycles. The molecule has 4 bridgehead atoms. The first-order chi connectivity index (χ1) is 8.34. The third kappa shape index (κ3) is 1.55. The molecule has 1 heteroatoms. The largest absolute Gasteiger partial charge is 0.307 e. The van der Waals surface area contributed by atoms with E-state index in [1.54, 1.807) is 0 Å². The molecule has 1 nitrogen and oxygen atoms in total. The zero-order valence-electron chi connectivity index (χ0n) is 10.4. The Hall–Kier alpha value is -0.820. The quantitative estimate of drug-likeness (QED) is 0.835. The summed E-state index contributed by atoms with van der Waals surface area (Å²) in [5, 5.41) is 3.93. The molecule has 0 radical (unpaired) electrons. The molecule has 4 fully saturated rings. The van der Waals surface area contributed by atoms with Crippen LogP contribution in [0.5, 0.6) is 0 Å². The normalized spacial score (nSPS) is 42.2. The average Bonchev–Trinajstić information content (AvgIpc) is 2.74. The molecule has 4 aliphatic rings. The monoisotopic (exact) mass is 227 g/mol. The Labute approximate surface area is 104 Å². The lowest BCUT2D eigenvalue weighted by Gasteiger charge is -2.34. The van der Waals surface area contributed by atoms with Crippen LogP contribution in [-0.4, -0.2) is 5.54 Å². The van der Waals surface area contributed by atoms with Gasteiger partial charge in [0, 0.05) is 12.1 Å². The molecule has 1 N–H and O–H groups in total. The van der Waals surface area contributed by atoms with Gasteiger partial charge in [-0.3, -0.25) is 0 Å². The van der Waals surface area contributed by atoms with Crippen LogP contribution in [0, 0.1) is 17.8 Å². The maximum Gasteiger partial charge on any atom is 0.0218 e. The maximum absolute atomic E-state index is 3.93. The van der Waals surface area contributed by atoms with Gasteiger partial charge < -0.3 is 5.32 Å². The Balaban J connectivity index is 1.50. The molecule has 0 saturated heterocycles. The van der Waals surface area contributed by atoms with E-state index in [0.29, 0.717) is 5.54 Å². The van der Waals surface area contributed by atoms with E-state index in [4.69, 9.17) is 0 Å². The van der Waals surface area contributed by atoms with Crippen molar-refractivity contribution in [3.63, 3.8) is 0 Å². The molecule has 0 spiro atoms. The van der Waals surface area contributed by atoms with Crippen molar-refractivity contribution in [1.82, 2.24) is 5.32 Å². The fourth-order valence-electron chi connectivity index (χ4n) is 4.96. The van der Waals surface area contributed by atoms with Gasteiger partial charge in [0.25, 0.3) is 0 Å². The van der Waals surface area contributed by atoms with E-state index in [9.17, 15) is 0 Å². The third-order valence-corrected chi connectivity index (χ3v) is 5.48. The zero-order valence-corrected chi connectivity index (χ0v) is 10.4. The van der Waals surface area contributed by atoms with Crippen LogP contribution in [-0.2, 0) is 6.54 Å². The predicted octanol–water partition coefficient (Wildman–Crippen LogP) is 3.35. The van der Waals surface area contributed by atoms with Crippen LogP contribution in [0.4, 0.5) is 0 Å². The molecule has 4 aliphatic carbocycles. The Kier molecular flexibility index (Phi) is 2.14. The number of nitrogens with one attached hydrogen (secondary N) is 1. The molecule has 1 aromatic rings. The number of benzene rings is 1. The molecule has 2 atom stereocenters. The molecule has 0 heterocycles. The Morgan fingerprint density at radius 3 is 2.41 bits per heavy atom. The van der Waals surface area contributed by atoms with Crippen molar-refractivity contribution in [3.8, 4) is 0 Å². The summed E-state index contributed by atoms with van der Waals surface area (Å²) in [5.41, 5.74) is 1.97. The second-order valence-electron chi connectivity index (χ2n) is 6.54. The summed E-state index contributed by atoms with van der Waals surface area (Å²) >= 11 is 0. The van der Waals surface area contributed by atoms with Crippen molar-refractivity contribution in [2.24, 2.45) is 17.8 Å². The number of rotatable bonds is 3. The molecule has 4 saturated carbocycles. The predicted molar refractivity (Wildman–Crippen MR) is 69.6 cm³/mol. The summed E-state index contributed by atoms with van der Waals surface area (Å²) in [6.07, 6.45) is 7.48. The topological polar surface area (TPSA) is 12.0 Å². The van der Waals surface area contributed by atoms with Crippen molar-refractivity contribution >= 4 is 0 Å². The van der Waals surface area contributed by atoms with Crippen LogP contribution in [0.25, 0.3) is 0 Å². The highest BCUT2D eigenvalue weighted by Crippen LogP contribution is 2.60. The summed E-state index contributed by atoms with van der Waals surface area (Å²) in [5.74, 6) is 3.10. The molecular weight excluding hydrogens is 206 g/mol. The van der Waals surface area contributed by atoms with E-state index >= 15 is 0 Å². The fraction of sp³-hybridized carbons (Fsp3) is 0.625. The van der Waals surface area contributed by atoms with Crippen LogP contribution in [0.1, 0.15) is 37.7 Å². The second kappa shape index (κ2) is 3.58. The molecule has 17 heavy (non-hydrogen) atoms. The van der Waals surface area contributed by atoms with Crippen molar-refractivity contribution in [3.05, 3.63) is 35.9 Å². The molecular formula is C16H21N. The molecule has 5 rings (SSSR count). The molecule has 1 aromatic carbocycles. The number of hydrogen-bond donors (Lipinski definition) is 1. The van der Waals surface area contributed by atoms with Gasteiger partial charge in [-0.2, -0.15) is 0 Å². The van der Waals surface area contributed by atoms with Gasteiger partial charge in [0.1, 0.15) is 0 Å². The smallest absolute Gasteiger partial charge is 0.0218 e. The van der Waals surface area contributed by atoms with Gasteiger partial charge in [0.2, 0.25) is 0 Å². The highest BCUT2D eigenvalue weighted by Gasteiger charge is 2.57. The van der Waals surface area contributed by atoms with E-state index < -0.39 is 0 Å². The van der Waals surface area contributed by atoms with Crippen molar-refractivity contribution in [2.45, 2.75) is 44.2 Å². The van der Waals surface area contributed by atoms with Crippen LogP contribution in [0.15, 0.2) is 30.3 Å². The minimum atomic E-state index is 0.531. The lowest BCUT2D eigenvalue weighted by Crippen LogP contribution is -2.45. The summed E-state index contributed by atoms with van der Waals surface area (Å²) in [4.78, 5) is 0. The first kappa shape index (κ1) is 10.1. The van der Waals surface area contributed by atoms with Gasteiger partial charge in [0.05, 0.1) is 0 Å². The summed E-state index contributed by atoms with van der Waals surface area (Å²) in [6.45, 7) is 1.07. The van der Waals surface area contributed by atoms with Gasteiger partial charge in [-0.15, -0.1) is 0 Å². The summed E-state index contributed by atoms with van der Waals surface area (Å²) < 4.78 is 0. The van der Waals surface area contributed by atoms with Crippen molar-refractivity contribution < 1.29 is 0 Å². The molecule has 0 amide bonds. The van der Waals surface area contributed by atoms with Gasteiger partial charge in [-0.1, -0.05) is 30.3 Å². The van der Waals surface area contributed by atoms with Gasteiger partial charge in [0.15, 0.2) is 0 Å². The third-order valence-electron chi connectivity index (χ3n) is 5.48. The van der Waals surface area contributed by atoms with Gasteiger partial charge in [-0.05, 0) is 55.4 Å². The minimum absolute atomic E-state index is 0.531. The molecule has 0 aromatic heterocycles. The van der Waals surface area contributed by atoms with Crippen LogP contribution in [0.2, 0.25) is 0 Å². The van der Waals surface area contributed by atoms with Crippen molar-refractivity contribution in [2.75, 3.05) is 0 Å². The highest BCUT2D eigenvalue weighted by atomic mass is 15.0. The summed E-state index contributed by atoms with van der Waals surface area (Å²) in [7, 11) is 0. The Morgan fingerprint density at radius 1 is 1.00 bits per heavy atom. The van der Waals surface area contributed by atoms with E-state index in [1.807, 2.05) is 0 Å². The summed E-state index contributed by atoms with van der Waals surface area (Å²) in [6, 6.07) is 10.9. The zero-order chi connectivity index (χ0) is 11.3. The van der Waals surface area contributed by atoms with Crippen LogP contribution < -0.4 is 5.32 Å². The standard InChI is InChI=1S/C16H21N/c1-2-4-12(5-3-1)11-17-16-9-13-6-14(10-16)8-15(16)7-13/h1-5,13-15,17H,6-11H2.